The summed E-state index contributed by atoms with van der Waals surface area (Å²) in [5.74, 6) is 0.729. The molecule has 18 heavy (non-hydrogen) atoms. The Labute approximate surface area is 109 Å². The van der Waals surface area contributed by atoms with Gasteiger partial charge in [-0.15, -0.1) is 5.10 Å². The van der Waals surface area contributed by atoms with Crippen LogP contribution in [0.5, 0.6) is 0 Å². The van der Waals surface area contributed by atoms with Crippen LogP contribution >= 0.6 is 11.5 Å². The van der Waals surface area contributed by atoms with Crippen LogP contribution in [0.4, 0.5) is 0 Å². The van der Waals surface area contributed by atoms with Gasteiger partial charge in [0, 0.05) is 12.0 Å². The largest absolute Gasteiger partial charge is 0.379 e. The fourth-order valence-corrected chi connectivity index (χ4v) is 1.74. The van der Waals surface area contributed by atoms with Gasteiger partial charge in [-0.2, -0.15) is 4.98 Å². The van der Waals surface area contributed by atoms with Crippen LogP contribution in [0.2, 0.25) is 0 Å². The summed E-state index contributed by atoms with van der Waals surface area (Å²) in [6.07, 6.45) is 0.943. The molecule has 2 aromatic rings. The van der Waals surface area contributed by atoms with Crippen molar-refractivity contribution in [3.05, 3.63) is 11.2 Å². The van der Waals surface area contributed by atoms with Crippen molar-refractivity contribution >= 4 is 11.5 Å². The van der Waals surface area contributed by atoms with Crippen molar-refractivity contribution in [2.24, 2.45) is 5.73 Å². The maximum Gasteiger partial charge on any atom is 0.279 e. The number of ether oxygens (including phenoxy) is 1. The maximum atomic E-state index is 6.10. The van der Waals surface area contributed by atoms with Gasteiger partial charge >= 0.3 is 0 Å². The monoisotopic (exact) mass is 269 g/mol. The van der Waals surface area contributed by atoms with Crippen LogP contribution in [0.15, 0.2) is 9.90 Å². The van der Waals surface area contributed by atoms with E-state index in [-0.39, 0.29) is 0 Å². The first-order valence-electron chi connectivity index (χ1n) is 5.61. The maximum absolute atomic E-state index is 6.10. The Morgan fingerprint density at radius 3 is 3.06 bits per heavy atom. The van der Waals surface area contributed by atoms with E-state index in [1.165, 1.54) is 11.5 Å². The van der Waals surface area contributed by atoms with E-state index in [2.05, 4.69) is 19.7 Å². The molecule has 0 amide bonds. The van der Waals surface area contributed by atoms with Crippen LogP contribution < -0.4 is 5.73 Å². The van der Waals surface area contributed by atoms with Gasteiger partial charge in [-0.05, 0) is 24.9 Å². The molecule has 2 aromatic heterocycles. The van der Waals surface area contributed by atoms with Crippen molar-refractivity contribution in [3.8, 4) is 11.6 Å². The molecule has 2 N–H and O–H groups in total. The molecule has 7 nitrogen and oxygen atoms in total. The van der Waals surface area contributed by atoms with Crippen LogP contribution in [0.3, 0.4) is 0 Å². The molecular formula is C10H15N5O2S. The standard InChI is InChI=1S/C10H15N5O2S/c1-3-4-16-6-10(2,11)9-12-8(17-14-9)7-5-18-15-13-7/h5H,3-4,6,11H2,1-2H3. The summed E-state index contributed by atoms with van der Waals surface area (Å²) in [5, 5.41) is 9.46. The fraction of sp³-hybridized carbons (Fsp3) is 0.600. The van der Waals surface area contributed by atoms with Gasteiger partial charge in [-0.1, -0.05) is 16.6 Å². The molecule has 0 spiro atoms. The Kier molecular flexibility index (Phi) is 4.00. The van der Waals surface area contributed by atoms with Gasteiger partial charge in [0.05, 0.1) is 6.61 Å². The molecular weight excluding hydrogens is 254 g/mol. The average Bonchev–Trinajstić information content (AvgIpc) is 3.00. The molecule has 0 aromatic carbocycles. The Balaban J connectivity index is 2.09. The lowest BCUT2D eigenvalue weighted by Gasteiger charge is -2.19. The number of nitrogens with zero attached hydrogens (tertiary/aromatic N) is 4. The second kappa shape index (κ2) is 5.51. The Morgan fingerprint density at radius 1 is 1.56 bits per heavy atom. The van der Waals surface area contributed by atoms with Crippen molar-refractivity contribution < 1.29 is 9.26 Å². The second-order valence-corrected chi connectivity index (χ2v) is 4.79. The lowest BCUT2D eigenvalue weighted by molar-refractivity contribution is 0.0867. The first-order valence-corrected chi connectivity index (χ1v) is 6.45. The molecule has 98 valence electrons. The molecule has 1 unspecified atom stereocenters. The molecule has 0 aliphatic heterocycles. The van der Waals surface area contributed by atoms with Crippen LogP contribution in [0.25, 0.3) is 11.6 Å². The summed E-state index contributed by atoms with van der Waals surface area (Å²) in [6.45, 7) is 4.84. The third-order valence-electron chi connectivity index (χ3n) is 2.27. The molecule has 0 bridgehead atoms. The van der Waals surface area contributed by atoms with E-state index < -0.39 is 5.54 Å². The van der Waals surface area contributed by atoms with Crippen LogP contribution in [0, 0.1) is 0 Å². The SMILES string of the molecule is CCCOCC(C)(N)c1noc(-c2csnn2)n1. The van der Waals surface area contributed by atoms with Crippen LogP contribution in [-0.4, -0.2) is 32.9 Å². The Morgan fingerprint density at radius 2 is 2.39 bits per heavy atom. The summed E-state index contributed by atoms with van der Waals surface area (Å²) in [4.78, 5) is 4.22. The molecule has 2 heterocycles. The third kappa shape index (κ3) is 2.89. The zero-order valence-electron chi connectivity index (χ0n) is 10.3. The first kappa shape index (κ1) is 13.1. The number of hydrogen-bond acceptors (Lipinski definition) is 8. The number of rotatable bonds is 6. The summed E-state index contributed by atoms with van der Waals surface area (Å²) in [5.41, 5.74) is 5.88. The molecule has 2 rings (SSSR count). The minimum atomic E-state index is -0.777. The molecule has 0 aliphatic rings. The van der Waals surface area contributed by atoms with E-state index in [9.17, 15) is 0 Å². The minimum absolute atomic E-state index is 0.325. The topological polar surface area (TPSA) is 100.0 Å². The Bertz CT molecular complexity index is 482. The van der Waals surface area contributed by atoms with Crippen LogP contribution in [0.1, 0.15) is 26.1 Å². The average molecular weight is 269 g/mol. The number of nitrogens with two attached hydrogens (primary N) is 1. The third-order valence-corrected chi connectivity index (χ3v) is 2.77. The van der Waals surface area contributed by atoms with Crippen molar-refractivity contribution in [2.45, 2.75) is 25.8 Å². The van der Waals surface area contributed by atoms with Crippen molar-refractivity contribution in [1.29, 1.82) is 0 Å². The fourth-order valence-electron chi connectivity index (χ4n) is 1.31. The van der Waals surface area contributed by atoms with Gasteiger partial charge in [0.25, 0.3) is 5.89 Å². The summed E-state index contributed by atoms with van der Waals surface area (Å²) in [6, 6.07) is 0. The van der Waals surface area contributed by atoms with Crippen molar-refractivity contribution in [2.75, 3.05) is 13.2 Å². The van der Waals surface area contributed by atoms with Crippen molar-refractivity contribution in [3.63, 3.8) is 0 Å². The molecule has 8 heteroatoms. The highest BCUT2D eigenvalue weighted by molar-refractivity contribution is 7.03. The highest BCUT2D eigenvalue weighted by Gasteiger charge is 2.28. The molecule has 1 atom stereocenters. The van der Waals surface area contributed by atoms with Crippen LogP contribution in [-0.2, 0) is 10.3 Å². The molecule has 0 radical (unpaired) electrons. The molecule has 0 aliphatic carbocycles. The second-order valence-electron chi connectivity index (χ2n) is 4.18. The highest BCUT2D eigenvalue weighted by atomic mass is 32.1. The van der Waals surface area contributed by atoms with Gasteiger partial charge in [-0.25, -0.2) is 0 Å². The van der Waals surface area contributed by atoms with Gasteiger partial charge in [0.2, 0.25) is 0 Å². The smallest absolute Gasteiger partial charge is 0.279 e. The van der Waals surface area contributed by atoms with E-state index in [0.717, 1.165) is 6.42 Å². The normalized spacial score (nSPS) is 14.6. The van der Waals surface area contributed by atoms with E-state index in [4.69, 9.17) is 15.0 Å². The quantitative estimate of drug-likeness (QED) is 0.786. The lowest BCUT2D eigenvalue weighted by atomic mass is 10.1. The first-order chi connectivity index (χ1) is 8.63. The van der Waals surface area contributed by atoms with Gasteiger partial charge in [0.15, 0.2) is 11.5 Å². The number of aromatic nitrogens is 4. The molecule has 0 saturated heterocycles. The Hall–Kier alpha value is -1.38. The van der Waals surface area contributed by atoms with E-state index >= 15 is 0 Å². The lowest BCUT2D eigenvalue weighted by Crippen LogP contribution is -2.39. The van der Waals surface area contributed by atoms with Gasteiger partial charge < -0.3 is 15.0 Å². The van der Waals surface area contributed by atoms with E-state index in [0.29, 0.717) is 30.6 Å². The van der Waals surface area contributed by atoms with E-state index in [1.807, 2.05) is 6.92 Å². The zero-order valence-corrected chi connectivity index (χ0v) is 11.1. The number of hydrogen-bond donors (Lipinski definition) is 1. The predicted octanol–water partition coefficient (Wildman–Crippen LogP) is 1.19. The summed E-state index contributed by atoms with van der Waals surface area (Å²) >= 11 is 1.22. The van der Waals surface area contributed by atoms with Gasteiger partial charge in [-0.3, -0.25) is 0 Å². The molecule has 0 saturated carbocycles. The van der Waals surface area contributed by atoms with Gasteiger partial charge in [0.1, 0.15) is 5.54 Å². The minimum Gasteiger partial charge on any atom is -0.379 e. The van der Waals surface area contributed by atoms with Crippen molar-refractivity contribution in [1.82, 2.24) is 19.7 Å². The summed E-state index contributed by atoms with van der Waals surface area (Å²) < 4.78 is 14.3. The molecule has 0 fully saturated rings. The highest BCUT2D eigenvalue weighted by Crippen LogP contribution is 2.20. The summed E-state index contributed by atoms with van der Waals surface area (Å²) in [7, 11) is 0. The zero-order chi connectivity index (χ0) is 13.0. The van der Waals surface area contributed by atoms with E-state index in [1.54, 1.807) is 12.3 Å². The predicted molar refractivity (Wildman–Crippen MR) is 65.9 cm³/mol.